The maximum atomic E-state index is 11.3. The Morgan fingerprint density at radius 3 is 1.87 bits per heavy atom. The van der Waals surface area contributed by atoms with Crippen LogP contribution >= 0.6 is 0 Å². The van der Waals surface area contributed by atoms with Crippen molar-refractivity contribution in [3.63, 3.8) is 0 Å². The number of aryl methyl sites for hydroxylation is 1. The lowest BCUT2D eigenvalue weighted by molar-refractivity contribution is -0.148. The molecule has 2 rings (SSSR count). The van der Waals surface area contributed by atoms with Crippen LogP contribution in [-0.2, 0) is 16.0 Å². The molecule has 2 aromatic carbocycles. The van der Waals surface area contributed by atoms with E-state index in [1.54, 1.807) is 27.7 Å². The Morgan fingerprint density at radius 1 is 0.763 bits per heavy atom. The molecule has 0 saturated heterocycles. The molecule has 0 aliphatic carbocycles. The number of rotatable bonds is 11. The summed E-state index contributed by atoms with van der Waals surface area (Å²) in [5, 5.41) is 60.1. The van der Waals surface area contributed by atoms with Crippen molar-refractivity contribution in [3.8, 4) is 34.8 Å². The van der Waals surface area contributed by atoms with Gasteiger partial charge in [0.25, 0.3) is 0 Å². The zero-order chi connectivity index (χ0) is 28.7. The second-order valence-corrected chi connectivity index (χ2v) is 10.7. The molecule has 2 aromatic rings. The fraction of sp³-hybridized carbons (Fsp3) is 0.400. The lowest BCUT2D eigenvalue weighted by Crippen LogP contribution is -2.23. The highest BCUT2D eigenvalue weighted by molar-refractivity contribution is 5.78. The van der Waals surface area contributed by atoms with Gasteiger partial charge in [0.05, 0.1) is 16.4 Å². The molecule has 0 radical (unpaired) electrons. The van der Waals surface area contributed by atoms with Crippen molar-refractivity contribution in [2.24, 2.45) is 10.8 Å². The average Bonchev–Trinajstić information content (AvgIpc) is 2.82. The van der Waals surface area contributed by atoms with Crippen LogP contribution in [0.25, 0.3) is 12.2 Å². The van der Waals surface area contributed by atoms with Gasteiger partial charge in [-0.1, -0.05) is 30.4 Å². The quantitative estimate of drug-likeness (QED) is 0.0940. The third kappa shape index (κ3) is 8.20. The summed E-state index contributed by atoms with van der Waals surface area (Å²) in [7, 11) is 0. The highest BCUT2D eigenvalue weighted by Gasteiger charge is 2.26. The number of unbranched alkanes of at least 4 members (excludes halogenated alkanes) is 1. The zero-order valence-electron chi connectivity index (χ0n) is 22.2. The fourth-order valence-electron chi connectivity index (χ4n) is 3.69. The van der Waals surface area contributed by atoms with Crippen LogP contribution in [0.2, 0.25) is 0 Å². The topological polar surface area (TPSA) is 156 Å². The molecule has 38 heavy (non-hydrogen) atoms. The van der Waals surface area contributed by atoms with E-state index in [9.17, 15) is 40.2 Å². The predicted octanol–water partition coefficient (Wildman–Crippen LogP) is 5.75. The summed E-state index contributed by atoms with van der Waals surface area (Å²) in [5.74, 6) is 3.38. The van der Waals surface area contributed by atoms with Gasteiger partial charge in [0.1, 0.15) is 23.0 Å². The van der Waals surface area contributed by atoms with Gasteiger partial charge in [0, 0.05) is 17.5 Å². The first kappa shape index (κ1) is 30.1. The van der Waals surface area contributed by atoms with Crippen LogP contribution in [0.1, 0.15) is 82.1 Å². The van der Waals surface area contributed by atoms with Crippen molar-refractivity contribution in [2.75, 3.05) is 0 Å². The van der Waals surface area contributed by atoms with Crippen LogP contribution in [0.15, 0.2) is 24.3 Å². The van der Waals surface area contributed by atoms with Crippen LogP contribution in [0.5, 0.6) is 23.0 Å². The molecule has 0 fully saturated rings. The van der Waals surface area contributed by atoms with Gasteiger partial charge in [-0.2, -0.15) is 0 Å². The number of phenols is 4. The first-order valence-corrected chi connectivity index (χ1v) is 12.4. The molecule has 0 atom stereocenters. The minimum Gasteiger partial charge on any atom is -0.508 e. The van der Waals surface area contributed by atoms with Gasteiger partial charge < -0.3 is 30.6 Å². The molecular formula is C30H36O8. The molecule has 0 aliphatic rings. The van der Waals surface area contributed by atoms with E-state index >= 15 is 0 Å². The summed E-state index contributed by atoms with van der Waals surface area (Å²) in [6.45, 7) is 6.54. The summed E-state index contributed by atoms with van der Waals surface area (Å²) < 4.78 is 0. The van der Waals surface area contributed by atoms with Gasteiger partial charge in [0.15, 0.2) is 0 Å². The molecule has 0 aromatic heterocycles. The number of carbonyl (C=O) groups is 2. The Bertz CT molecular complexity index is 1280. The molecular weight excluding hydrogens is 488 g/mol. The van der Waals surface area contributed by atoms with E-state index in [1.807, 2.05) is 0 Å². The summed E-state index contributed by atoms with van der Waals surface area (Å²) in [6, 6.07) is 5.46. The summed E-state index contributed by atoms with van der Waals surface area (Å²) in [5.41, 5.74) is -0.550. The number of benzene rings is 2. The van der Waals surface area contributed by atoms with Crippen LogP contribution < -0.4 is 0 Å². The molecule has 0 unspecified atom stereocenters. The number of carboxylic acids is 2. The van der Waals surface area contributed by atoms with E-state index in [1.165, 1.54) is 36.4 Å². The van der Waals surface area contributed by atoms with E-state index < -0.39 is 22.8 Å². The second kappa shape index (κ2) is 12.4. The monoisotopic (exact) mass is 524 g/mol. The van der Waals surface area contributed by atoms with E-state index in [0.717, 1.165) is 0 Å². The molecule has 8 heteroatoms. The van der Waals surface area contributed by atoms with Gasteiger partial charge in [-0.15, -0.1) is 0 Å². The third-order valence-electron chi connectivity index (χ3n) is 6.52. The number of aliphatic carboxylic acids is 2. The second-order valence-electron chi connectivity index (χ2n) is 10.7. The molecule has 204 valence electrons. The van der Waals surface area contributed by atoms with Gasteiger partial charge in [-0.05, 0) is 83.2 Å². The Labute approximate surface area is 222 Å². The highest BCUT2D eigenvalue weighted by atomic mass is 16.4. The van der Waals surface area contributed by atoms with Crippen molar-refractivity contribution in [1.29, 1.82) is 0 Å². The number of phenolic OH excluding ortho intramolecular Hbond substituents is 4. The van der Waals surface area contributed by atoms with Crippen LogP contribution in [0.3, 0.4) is 0 Å². The molecule has 0 amide bonds. The van der Waals surface area contributed by atoms with E-state index in [0.29, 0.717) is 43.2 Å². The van der Waals surface area contributed by atoms with Gasteiger partial charge in [-0.25, -0.2) is 0 Å². The van der Waals surface area contributed by atoms with E-state index in [2.05, 4.69) is 11.8 Å². The maximum absolute atomic E-state index is 11.3. The predicted molar refractivity (Wildman–Crippen MR) is 145 cm³/mol. The number of hydrogen-bond donors (Lipinski definition) is 6. The van der Waals surface area contributed by atoms with Crippen molar-refractivity contribution >= 4 is 24.1 Å². The van der Waals surface area contributed by atoms with Crippen molar-refractivity contribution in [3.05, 3.63) is 46.5 Å². The summed E-state index contributed by atoms with van der Waals surface area (Å²) in [4.78, 5) is 22.5. The zero-order valence-corrected chi connectivity index (χ0v) is 22.2. The van der Waals surface area contributed by atoms with Crippen molar-refractivity contribution < 1.29 is 40.2 Å². The summed E-state index contributed by atoms with van der Waals surface area (Å²) >= 11 is 0. The fourth-order valence-corrected chi connectivity index (χ4v) is 3.69. The Kier molecular flexibility index (Phi) is 9.84. The number of hydrogen-bond acceptors (Lipinski definition) is 6. The molecule has 0 bridgehead atoms. The molecule has 0 aliphatic heterocycles. The van der Waals surface area contributed by atoms with Gasteiger partial charge in [-0.3, -0.25) is 9.59 Å². The van der Waals surface area contributed by atoms with Gasteiger partial charge in [0.2, 0.25) is 0 Å². The van der Waals surface area contributed by atoms with E-state index in [-0.39, 0.29) is 40.5 Å². The summed E-state index contributed by atoms with van der Waals surface area (Å²) in [6.07, 6.45) is 5.74. The van der Waals surface area contributed by atoms with Crippen LogP contribution in [-0.4, -0.2) is 42.6 Å². The van der Waals surface area contributed by atoms with Gasteiger partial charge >= 0.3 is 11.9 Å². The molecule has 0 spiro atoms. The average molecular weight is 525 g/mol. The minimum atomic E-state index is -0.930. The number of carboxylic acid groups (broad SMARTS) is 2. The Hall–Kier alpha value is -4.12. The van der Waals surface area contributed by atoms with Crippen LogP contribution in [0, 0.1) is 22.7 Å². The lowest BCUT2D eigenvalue weighted by atomic mass is 9.87. The smallest absolute Gasteiger partial charge is 0.309 e. The maximum Gasteiger partial charge on any atom is 0.309 e. The largest absolute Gasteiger partial charge is 0.508 e. The SMILES string of the molecule is CC(C)(CCC#Cc1cc(O)cc(C=Cc2cc(O)cc(CCCCC(C)(C)C(=O)O)c2O)c1O)C(=O)O. The molecule has 8 nitrogen and oxygen atoms in total. The minimum absolute atomic E-state index is 0.0442. The van der Waals surface area contributed by atoms with Crippen LogP contribution in [0.4, 0.5) is 0 Å². The molecule has 0 heterocycles. The van der Waals surface area contributed by atoms with Crippen molar-refractivity contribution in [1.82, 2.24) is 0 Å². The lowest BCUT2D eigenvalue weighted by Gasteiger charge is -2.18. The van der Waals surface area contributed by atoms with Crippen molar-refractivity contribution in [2.45, 2.75) is 66.2 Å². The van der Waals surface area contributed by atoms with E-state index in [4.69, 9.17) is 0 Å². The normalized spacial score (nSPS) is 11.8. The molecule has 6 N–H and O–H groups in total. The number of aromatic hydroxyl groups is 4. The first-order chi connectivity index (χ1) is 17.6. The molecule has 0 saturated carbocycles. The highest BCUT2D eigenvalue weighted by Crippen LogP contribution is 2.34. The standard InChI is InChI=1S/C30H36O8/c1-29(2,27(35)36)13-7-5-9-19-15-23(31)17-21(25(19)33)11-12-22-18-24(32)16-20(26(22)34)10-6-8-14-30(3,4)28(37)38/h11-12,15-18,31-34H,5,7-9,13-14H2,1-4H3,(H,35,36)(H,37,38). The third-order valence-corrected chi connectivity index (χ3v) is 6.52. The first-order valence-electron chi connectivity index (χ1n) is 12.4. The Morgan fingerprint density at radius 2 is 1.29 bits per heavy atom. The Balaban J connectivity index is 2.20.